The number of unbranched alkanes of at least 4 members (excludes halogenated alkanes) is 22. The van der Waals surface area contributed by atoms with Gasteiger partial charge in [-0.05, 0) is 122 Å². The first-order chi connectivity index (χ1) is 37.2. The van der Waals surface area contributed by atoms with Gasteiger partial charge in [0.2, 0.25) is 0 Å². The largest absolute Gasteiger partial charge is 0.472 e. The third-order valence-corrected chi connectivity index (χ3v) is 13.4. The van der Waals surface area contributed by atoms with Crippen LogP contribution in [0.5, 0.6) is 0 Å². The molecule has 0 aliphatic heterocycles. The Morgan fingerprint density at radius 3 is 1.09 bits per heavy atom. The minimum atomic E-state index is -4.77. The monoisotopic (exact) mass is 1080 g/mol. The van der Waals surface area contributed by atoms with Crippen LogP contribution < -0.4 is 0 Å². The predicted molar refractivity (Wildman–Crippen MR) is 316 cm³/mol. The summed E-state index contributed by atoms with van der Waals surface area (Å²) < 4.78 is 39.5. The van der Waals surface area contributed by atoms with Crippen molar-refractivity contribution in [2.45, 2.75) is 264 Å². The summed E-state index contributed by atoms with van der Waals surface area (Å²) in [5.41, 5.74) is 0. The van der Waals surface area contributed by atoms with Gasteiger partial charge < -0.3 is 24.2 Å². The fraction of sp³-hybridized carbons (Fsp3) is 0.703. The lowest BCUT2D eigenvalue weighted by Gasteiger charge is -2.21. The highest BCUT2D eigenvalue weighted by atomic mass is 31.2. The average Bonchev–Trinajstić information content (AvgIpc) is 3.41. The van der Waals surface area contributed by atoms with E-state index in [9.17, 15) is 28.9 Å². The number of ether oxygens (including phenoxy) is 3. The van der Waals surface area contributed by atoms with E-state index in [-0.39, 0.29) is 25.9 Å². The van der Waals surface area contributed by atoms with E-state index in [4.69, 9.17) is 23.3 Å². The van der Waals surface area contributed by atoms with Gasteiger partial charge in [0.05, 0.1) is 19.8 Å². The number of hydrogen-bond donors (Lipinski definition) is 2. The number of aliphatic hydroxyl groups is 1. The summed E-state index contributed by atoms with van der Waals surface area (Å²) >= 11 is 0. The second kappa shape index (κ2) is 57.6. The molecule has 0 aliphatic carbocycles. The Hall–Kier alpha value is -3.60. The van der Waals surface area contributed by atoms with Crippen molar-refractivity contribution in [1.82, 2.24) is 0 Å². The van der Waals surface area contributed by atoms with Gasteiger partial charge in [0.25, 0.3) is 0 Å². The fourth-order valence-electron chi connectivity index (χ4n) is 7.88. The van der Waals surface area contributed by atoms with Crippen LogP contribution in [0.15, 0.2) is 97.2 Å². The van der Waals surface area contributed by atoms with Gasteiger partial charge in [-0.15, -0.1) is 0 Å². The molecule has 0 amide bonds. The summed E-state index contributed by atoms with van der Waals surface area (Å²) in [4.78, 5) is 48.6. The molecular formula is C64H109O11P. The third-order valence-electron chi connectivity index (χ3n) is 12.5. The van der Waals surface area contributed by atoms with Crippen molar-refractivity contribution in [3.8, 4) is 0 Å². The van der Waals surface area contributed by atoms with Crippen LogP contribution in [0.25, 0.3) is 0 Å². The van der Waals surface area contributed by atoms with E-state index in [0.29, 0.717) is 19.3 Å². The molecule has 0 bridgehead atoms. The number of carbonyl (C=O) groups excluding carboxylic acids is 3. The zero-order valence-corrected chi connectivity index (χ0v) is 49.1. The van der Waals surface area contributed by atoms with Crippen LogP contribution >= 0.6 is 7.82 Å². The minimum Gasteiger partial charge on any atom is -0.462 e. The second-order valence-corrected chi connectivity index (χ2v) is 21.2. The van der Waals surface area contributed by atoms with E-state index in [1.165, 1.54) is 51.4 Å². The van der Waals surface area contributed by atoms with E-state index >= 15 is 0 Å². The molecule has 0 aromatic rings. The average molecular weight is 1090 g/mol. The molecular weight excluding hydrogens is 976 g/mol. The van der Waals surface area contributed by atoms with E-state index in [1.807, 2.05) is 0 Å². The summed E-state index contributed by atoms with van der Waals surface area (Å²) in [6.45, 7) is 4.44. The zero-order chi connectivity index (χ0) is 55.5. The number of carbonyl (C=O) groups is 3. The first-order valence-electron chi connectivity index (χ1n) is 30.1. The van der Waals surface area contributed by atoms with Gasteiger partial charge in [0.1, 0.15) is 12.7 Å². The molecule has 76 heavy (non-hydrogen) atoms. The molecule has 3 atom stereocenters. The van der Waals surface area contributed by atoms with Crippen LogP contribution in [-0.4, -0.2) is 66.5 Å². The number of phosphoric acid groups is 1. The molecule has 0 saturated carbocycles. The highest BCUT2D eigenvalue weighted by molar-refractivity contribution is 7.47. The normalized spacial score (nSPS) is 14.0. The summed E-state index contributed by atoms with van der Waals surface area (Å²) in [5, 5.41) is 9.82. The van der Waals surface area contributed by atoms with Gasteiger partial charge in [0.15, 0.2) is 6.10 Å². The topological polar surface area (TPSA) is 155 Å². The van der Waals surface area contributed by atoms with Crippen molar-refractivity contribution >= 4 is 25.7 Å². The summed E-state index contributed by atoms with van der Waals surface area (Å²) in [6, 6.07) is 0. The zero-order valence-electron chi connectivity index (χ0n) is 48.2. The van der Waals surface area contributed by atoms with Crippen LogP contribution in [0.1, 0.15) is 252 Å². The Morgan fingerprint density at radius 1 is 0.382 bits per heavy atom. The number of aliphatic hydroxyl groups excluding tert-OH is 1. The lowest BCUT2D eigenvalue weighted by molar-refractivity contribution is -0.161. The third kappa shape index (κ3) is 55.2. The van der Waals surface area contributed by atoms with Crippen molar-refractivity contribution in [3.05, 3.63) is 97.2 Å². The molecule has 12 heteroatoms. The van der Waals surface area contributed by atoms with Crippen molar-refractivity contribution in [3.63, 3.8) is 0 Å². The molecule has 0 aliphatic rings. The molecule has 0 fully saturated rings. The lowest BCUT2D eigenvalue weighted by atomic mass is 10.1. The van der Waals surface area contributed by atoms with Crippen molar-refractivity contribution in [2.24, 2.45) is 0 Å². The second-order valence-electron chi connectivity index (χ2n) is 19.8. The molecule has 0 aromatic heterocycles. The van der Waals surface area contributed by atoms with Gasteiger partial charge in [-0.25, -0.2) is 4.57 Å². The van der Waals surface area contributed by atoms with Gasteiger partial charge in [-0.3, -0.25) is 23.4 Å². The first-order valence-corrected chi connectivity index (χ1v) is 31.6. The SMILES string of the molecule is CC/C=C\C/C=C\C/C=C\C/C=C\CCCCCCC(=O)OC(COC(=O)CCCCCCCC/C=C\C/C=C\C/C=C\CCCCC)COP(=O)(O)OCC(CO)OC(=O)CCCCCCC/C=C\CCCCCC. The lowest BCUT2D eigenvalue weighted by Crippen LogP contribution is -2.30. The minimum absolute atomic E-state index is 0.132. The Morgan fingerprint density at radius 2 is 0.684 bits per heavy atom. The first kappa shape index (κ1) is 72.4. The molecule has 2 N–H and O–H groups in total. The van der Waals surface area contributed by atoms with E-state index in [0.717, 1.165) is 141 Å². The number of allylic oxidation sites excluding steroid dienone is 16. The summed E-state index contributed by atoms with van der Waals surface area (Å²) in [5.74, 6) is -1.52. The van der Waals surface area contributed by atoms with Gasteiger partial charge >= 0.3 is 25.7 Å². The number of esters is 3. The maximum absolute atomic E-state index is 12.9. The van der Waals surface area contributed by atoms with E-state index in [1.54, 1.807) is 0 Å². The molecule has 3 unspecified atom stereocenters. The highest BCUT2D eigenvalue weighted by Gasteiger charge is 2.28. The maximum atomic E-state index is 12.9. The fourth-order valence-corrected chi connectivity index (χ4v) is 8.66. The van der Waals surface area contributed by atoms with Crippen LogP contribution in [0.4, 0.5) is 0 Å². The molecule has 0 radical (unpaired) electrons. The Bertz CT molecular complexity index is 1640. The Balaban J connectivity index is 4.80. The molecule has 0 heterocycles. The number of hydrogen-bond acceptors (Lipinski definition) is 10. The Kier molecular flexibility index (Phi) is 54.8. The molecule has 0 aromatic carbocycles. The number of phosphoric ester groups is 1. The van der Waals surface area contributed by atoms with Crippen LogP contribution in [-0.2, 0) is 42.2 Å². The molecule has 0 rings (SSSR count). The maximum Gasteiger partial charge on any atom is 0.472 e. The summed E-state index contributed by atoms with van der Waals surface area (Å²) in [6.07, 6.45) is 67.8. The van der Waals surface area contributed by atoms with E-state index in [2.05, 4.69) is 118 Å². The van der Waals surface area contributed by atoms with E-state index < -0.39 is 57.8 Å². The van der Waals surface area contributed by atoms with Crippen LogP contribution in [0, 0.1) is 0 Å². The quantitative estimate of drug-likeness (QED) is 0.0197. The standard InChI is InChI=1S/C64H109O11P/c1-4-7-10-13-16-19-22-25-27-29-30-32-33-36-38-41-44-47-50-53-62(66)71-57-61(75-64(68)55-52-49-46-43-40-37-34-31-28-26-23-20-17-14-11-8-5-2)59-73-76(69,70)72-58-60(56-65)74-63(67)54-51-48-45-42-39-35-24-21-18-15-12-9-6-3/h8,11,16-17,19-21,24-28,30,32,34,37,60-61,65H,4-7,9-10,12-15,18,22-23,29,31,33,35-36,38-59H2,1-3H3,(H,69,70)/b11-8-,19-16-,20-17-,24-21-,27-25-,28-26-,32-30-,37-34-. The predicted octanol–water partition coefficient (Wildman–Crippen LogP) is 18.0. The summed E-state index contributed by atoms with van der Waals surface area (Å²) in [7, 11) is -4.77. The van der Waals surface area contributed by atoms with Gasteiger partial charge in [-0.1, -0.05) is 208 Å². The van der Waals surface area contributed by atoms with Crippen molar-refractivity contribution in [1.29, 1.82) is 0 Å². The van der Waals surface area contributed by atoms with Gasteiger partial charge in [0, 0.05) is 19.3 Å². The number of rotatable bonds is 55. The smallest absolute Gasteiger partial charge is 0.462 e. The highest BCUT2D eigenvalue weighted by Crippen LogP contribution is 2.43. The van der Waals surface area contributed by atoms with Crippen LogP contribution in [0.2, 0.25) is 0 Å². The van der Waals surface area contributed by atoms with Crippen molar-refractivity contribution < 1.29 is 52.2 Å². The molecule has 0 spiro atoms. The Labute approximate surface area is 463 Å². The molecule has 0 saturated heterocycles. The van der Waals surface area contributed by atoms with Gasteiger partial charge in [-0.2, -0.15) is 0 Å². The molecule has 11 nitrogen and oxygen atoms in total. The molecule has 436 valence electrons. The van der Waals surface area contributed by atoms with Crippen molar-refractivity contribution in [2.75, 3.05) is 26.4 Å². The van der Waals surface area contributed by atoms with Crippen LogP contribution in [0.3, 0.4) is 0 Å².